The van der Waals surface area contributed by atoms with Crippen molar-refractivity contribution in [3.05, 3.63) is 30.1 Å². The number of rotatable bonds is 4. The molecule has 0 saturated heterocycles. The number of halogens is 1. The summed E-state index contributed by atoms with van der Waals surface area (Å²) in [5.41, 5.74) is 1.03. The zero-order valence-electron chi connectivity index (χ0n) is 8.46. The molecular weight excluding hydrogens is 177 g/mol. The molecule has 1 fully saturated rings. The average Bonchev–Trinajstić information content (AvgIpc) is 3.01. The highest BCUT2D eigenvalue weighted by molar-refractivity contribution is 5.44. The van der Waals surface area contributed by atoms with Crippen molar-refractivity contribution < 1.29 is 4.39 Å². The highest BCUT2D eigenvalue weighted by Crippen LogP contribution is 2.35. The Hall–Kier alpha value is -1.05. The quantitative estimate of drug-likeness (QED) is 0.772. The van der Waals surface area contributed by atoms with E-state index in [4.69, 9.17) is 0 Å². The topological polar surface area (TPSA) is 12.0 Å². The molecule has 14 heavy (non-hydrogen) atoms. The van der Waals surface area contributed by atoms with E-state index in [9.17, 15) is 4.39 Å². The molecule has 0 spiro atoms. The van der Waals surface area contributed by atoms with E-state index in [-0.39, 0.29) is 5.82 Å². The third-order valence-electron chi connectivity index (χ3n) is 2.83. The Balaban J connectivity index is 1.98. The molecule has 0 amide bonds. The summed E-state index contributed by atoms with van der Waals surface area (Å²) >= 11 is 0. The largest absolute Gasteiger partial charge is 0.382 e. The van der Waals surface area contributed by atoms with Gasteiger partial charge in [-0.05, 0) is 49.4 Å². The molecular formula is C12H16FN. The van der Waals surface area contributed by atoms with E-state index in [1.54, 1.807) is 12.1 Å². The summed E-state index contributed by atoms with van der Waals surface area (Å²) in [4.78, 5) is 0. The van der Waals surface area contributed by atoms with Crippen molar-refractivity contribution in [2.75, 3.05) is 5.32 Å². The van der Waals surface area contributed by atoms with E-state index in [1.807, 2.05) is 0 Å². The minimum absolute atomic E-state index is 0.171. The number of benzene rings is 1. The van der Waals surface area contributed by atoms with Gasteiger partial charge in [-0.25, -0.2) is 4.39 Å². The Morgan fingerprint density at radius 1 is 1.36 bits per heavy atom. The SMILES string of the molecule is CCC(Nc1ccc(F)cc1)C1CC1. The fourth-order valence-electron chi connectivity index (χ4n) is 1.81. The lowest BCUT2D eigenvalue weighted by Crippen LogP contribution is -2.20. The minimum Gasteiger partial charge on any atom is -0.382 e. The first-order valence-electron chi connectivity index (χ1n) is 5.31. The molecule has 0 aromatic heterocycles. The molecule has 1 nitrogen and oxygen atoms in total. The van der Waals surface area contributed by atoms with Crippen LogP contribution in [0.5, 0.6) is 0 Å². The Bertz CT molecular complexity index is 290. The zero-order valence-corrected chi connectivity index (χ0v) is 8.46. The van der Waals surface area contributed by atoms with Gasteiger partial charge >= 0.3 is 0 Å². The smallest absolute Gasteiger partial charge is 0.123 e. The van der Waals surface area contributed by atoms with Crippen LogP contribution in [0, 0.1) is 11.7 Å². The van der Waals surface area contributed by atoms with Crippen LogP contribution in [0.1, 0.15) is 26.2 Å². The minimum atomic E-state index is -0.171. The molecule has 2 rings (SSSR count). The molecule has 1 aliphatic rings. The Morgan fingerprint density at radius 3 is 2.50 bits per heavy atom. The molecule has 0 heterocycles. The van der Waals surface area contributed by atoms with Crippen molar-refractivity contribution in [2.24, 2.45) is 5.92 Å². The fraction of sp³-hybridized carbons (Fsp3) is 0.500. The van der Waals surface area contributed by atoms with Crippen LogP contribution in [-0.4, -0.2) is 6.04 Å². The van der Waals surface area contributed by atoms with Crippen molar-refractivity contribution in [3.63, 3.8) is 0 Å². The number of anilines is 1. The predicted molar refractivity (Wildman–Crippen MR) is 56.8 cm³/mol. The second-order valence-corrected chi connectivity index (χ2v) is 4.00. The van der Waals surface area contributed by atoms with Gasteiger partial charge in [-0.2, -0.15) is 0 Å². The lowest BCUT2D eigenvalue weighted by Gasteiger charge is -2.17. The van der Waals surface area contributed by atoms with Crippen molar-refractivity contribution in [3.8, 4) is 0 Å². The fourth-order valence-corrected chi connectivity index (χ4v) is 1.81. The molecule has 1 aromatic rings. The van der Waals surface area contributed by atoms with E-state index < -0.39 is 0 Å². The van der Waals surface area contributed by atoms with Crippen LogP contribution in [0.15, 0.2) is 24.3 Å². The third kappa shape index (κ3) is 2.25. The van der Waals surface area contributed by atoms with Crippen molar-refractivity contribution in [2.45, 2.75) is 32.2 Å². The molecule has 0 bridgehead atoms. The van der Waals surface area contributed by atoms with Crippen molar-refractivity contribution in [1.82, 2.24) is 0 Å². The highest BCUT2D eigenvalue weighted by Gasteiger charge is 2.29. The van der Waals surface area contributed by atoms with Gasteiger partial charge in [-0.15, -0.1) is 0 Å². The maximum atomic E-state index is 12.6. The van der Waals surface area contributed by atoms with E-state index in [0.29, 0.717) is 6.04 Å². The number of hydrogen-bond acceptors (Lipinski definition) is 1. The summed E-state index contributed by atoms with van der Waals surface area (Å²) in [6.45, 7) is 2.19. The van der Waals surface area contributed by atoms with Gasteiger partial charge < -0.3 is 5.32 Å². The normalized spacial score (nSPS) is 17.9. The molecule has 1 aliphatic carbocycles. The summed E-state index contributed by atoms with van der Waals surface area (Å²) in [6.07, 6.45) is 3.82. The lowest BCUT2D eigenvalue weighted by atomic mass is 10.1. The van der Waals surface area contributed by atoms with Crippen LogP contribution in [0.4, 0.5) is 10.1 Å². The van der Waals surface area contributed by atoms with Gasteiger partial charge in [0.15, 0.2) is 0 Å². The molecule has 1 unspecified atom stereocenters. The van der Waals surface area contributed by atoms with Crippen molar-refractivity contribution in [1.29, 1.82) is 0 Å². The van der Waals surface area contributed by atoms with Gasteiger partial charge in [0, 0.05) is 11.7 Å². The first-order chi connectivity index (χ1) is 6.79. The Kier molecular flexibility index (Phi) is 2.71. The van der Waals surface area contributed by atoms with Gasteiger partial charge in [-0.1, -0.05) is 6.92 Å². The summed E-state index contributed by atoms with van der Waals surface area (Å²) in [7, 11) is 0. The first kappa shape index (κ1) is 9.50. The highest BCUT2D eigenvalue weighted by atomic mass is 19.1. The molecule has 0 radical (unpaired) electrons. The van der Waals surface area contributed by atoms with Crippen LogP contribution in [0.3, 0.4) is 0 Å². The standard InChI is InChI=1S/C12H16FN/c1-2-12(9-3-4-9)14-11-7-5-10(13)6-8-11/h5-9,12,14H,2-4H2,1H3. The second kappa shape index (κ2) is 3.99. The van der Waals surface area contributed by atoms with Crippen LogP contribution in [0.2, 0.25) is 0 Å². The van der Waals surface area contributed by atoms with Gasteiger partial charge in [0.1, 0.15) is 5.82 Å². The molecule has 1 atom stereocenters. The van der Waals surface area contributed by atoms with E-state index >= 15 is 0 Å². The Labute approximate surface area is 84.3 Å². The zero-order chi connectivity index (χ0) is 9.97. The van der Waals surface area contributed by atoms with Gasteiger partial charge in [-0.3, -0.25) is 0 Å². The number of hydrogen-bond donors (Lipinski definition) is 1. The van der Waals surface area contributed by atoms with E-state index in [1.165, 1.54) is 25.0 Å². The number of nitrogens with one attached hydrogen (secondary N) is 1. The second-order valence-electron chi connectivity index (χ2n) is 4.00. The van der Waals surface area contributed by atoms with Crippen LogP contribution >= 0.6 is 0 Å². The maximum absolute atomic E-state index is 12.6. The van der Waals surface area contributed by atoms with Crippen molar-refractivity contribution >= 4 is 5.69 Å². The lowest BCUT2D eigenvalue weighted by molar-refractivity contribution is 0.613. The predicted octanol–water partition coefficient (Wildman–Crippen LogP) is 3.43. The summed E-state index contributed by atoms with van der Waals surface area (Å²) in [5.74, 6) is 0.667. The third-order valence-corrected chi connectivity index (χ3v) is 2.83. The van der Waals surface area contributed by atoms with E-state index in [2.05, 4.69) is 12.2 Å². The van der Waals surface area contributed by atoms with Crippen LogP contribution in [0.25, 0.3) is 0 Å². The van der Waals surface area contributed by atoms with E-state index in [0.717, 1.165) is 18.0 Å². The van der Waals surface area contributed by atoms with Crippen LogP contribution < -0.4 is 5.32 Å². The first-order valence-corrected chi connectivity index (χ1v) is 5.31. The molecule has 2 heteroatoms. The summed E-state index contributed by atoms with van der Waals surface area (Å²) in [6, 6.07) is 7.19. The average molecular weight is 193 g/mol. The summed E-state index contributed by atoms with van der Waals surface area (Å²) < 4.78 is 12.6. The molecule has 1 aromatic carbocycles. The molecule has 76 valence electrons. The monoisotopic (exact) mass is 193 g/mol. The van der Waals surface area contributed by atoms with Gasteiger partial charge in [0.2, 0.25) is 0 Å². The molecule has 1 saturated carbocycles. The molecule has 0 aliphatic heterocycles. The summed E-state index contributed by atoms with van der Waals surface area (Å²) in [5, 5.41) is 3.45. The molecule has 1 N–H and O–H groups in total. The van der Waals surface area contributed by atoms with Gasteiger partial charge in [0.05, 0.1) is 0 Å². The Morgan fingerprint density at radius 2 is 2.00 bits per heavy atom. The maximum Gasteiger partial charge on any atom is 0.123 e. The van der Waals surface area contributed by atoms with Crippen LogP contribution in [-0.2, 0) is 0 Å². The van der Waals surface area contributed by atoms with Gasteiger partial charge in [0.25, 0.3) is 0 Å².